The van der Waals surface area contributed by atoms with E-state index in [1.807, 2.05) is 13.8 Å². The van der Waals surface area contributed by atoms with Crippen LogP contribution in [0, 0.1) is 5.41 Å². The Hall–Kier alpha value is -1.10. The first-order valence-corrected chi connectivity index (χ1v) is 5.79. The monoisotopic (exact) mass is 243 g/mol. The van der Waals surface area contributed by atoms with Crippen LogP contribution < -0.4 is 16.8 Å². The third-order valence-corrected chi connectivity index (χ3v) is 2.19. The van der Waals surface area contributed by atoms with Crippen molar-refractivity contribution in [3.8, 4) is 0 Å². The zero-order valence-corrected chi connectivity index (χ0v) is 11.5. The fraction of sp³-hybridized carbons (Fsp3) is 0.833. The molecule has 0 aromatic rings. The van der Waals surface area contributed by atoms with Crippen LogP contribution in [0.5, 0.6) is 0 Å². The van der Waals surface area contributed by atoms with Crippen molar-refractivity contribution in [2.75, 3.05) is 0 Å². The van der Waals surface area contributed by atoms with E-state index in [9.17, 15) is 9.59 Å². The van der Waals surface area contributed by atoms with Gasteiger partial charge in [-0.1, -0.05) is 20.8 Å². The molecular formula is C12H25N3O2. The van der Waals surface area contributed by atoms with Gasteiger partial charge in [0.25, 0.3) is 0 Å². The SMILES string of the molecule is CC(C)(C)CC(C)(C)NC(=O)C(N)CC(N)=O. The predicted octanol–water partition coefficient (Wildman–Crippen LogP) is 0.520. The van der Waals surface area contributed by atoms with Gasteiger partial charge in [-0.2, -0.15) is 0 Å². The van der Waals surface area contributed by atoms with Crippen LogP contribution in [0.1, 0.15) is 47.5 Å². The number of primary amides is 1. The number of nitrogens with two attached hydrogens (primary N) is 2. The molecule has 1 atom stereocenters. The van der Waals surface area contributed by atoms with Crippen molar-refractivity contribution in [2.24, 2.45) is 16.9 Å². The van der Waals surface area contributed by atoms with E-state index < -0.39 is 11.9 Å². The molecule has 5 nitrogen and oxygen atoms in total. The van der Waals surface area contributed by atoms with Crippen molar-refractivity contribution in [1.29, 1.82) is 0 Å². The molecule has 0 saturated heterocycles. The Labute approximate surface area is 103 Å². The molecule has 0 rings (SSSR count). The highest BCUT2D eigenvalue weighted by Crippen LogP contribution is 2.26. The van der Waals surface area contributed by atoms with Crippen molar-refractivity contribution in [3.05, 3.63) is 0 Å². The van der Waals surface area contributed by atoms with E-state index in [1.54, 1.807) is 0 Å². The number of carbonyl (C=O) groups excluding carboxylic acids is 2. The lowest BCUT2D eigenvalue weighted by molar-refractivity contribution is -0.127. The number of rotatable bonds is 5. The van der Waals surface area contributed by atoms with E-state index in [0.29, 0.717) is 0 Å². The lowest BCUT2D eigenvalue weighted by Gasteiger charge is -2.34. The van der Waals surface area contributed by atoms with Crippen molar-refractivity contribution < 1.29 is 9.59 Å². The maximum absolute atomic E-state index is 11.7. The Morgan fingerprint density at radius 3 is 2.00 bits per heavy atom. The van der Waals surface area contributed by atoms with Crippen molar-refractivity contribution in [1.82, 2.24) is 5.32 Å². The van der Waals surface area contributed by atoms with Gasteiger partial charge in [-0.3, -0.25) is 9.59 Å². The minimum absolute atomic E-state index is 0.102. The Morgan fingerprint density at radius 2 is 1.65 bits per heavy atom. The summed E-state index contributed by atoms with van der Waals surface area (Å²) < 4.78 is 0. The molecule has 0 heterocycles. The van der Waals surface area contributed by atoms with Gasteiger partial charge in [0, 0.05) is 5.54 Å². The number of carbonyl (C=O) groups is 2. The summed E-state index contributed by atoms with van der Waals surface area (Å²) in [7, 11) is 0. The number of nitrogens with one attached hydrogen (secondary N) is 1. The van der Waals surface area contributed by atoms with E-state index in [1.165, 1.54) is 0 Å². The van der Waals surface area contributed by atoms with Crippen LogP contribution in [0.3, 0.4) is 0 Å². The molecule has 0 aliphatic rings. The van der Waals surface area contributed by atoms with Crippen molar-refractivity contribution in [3.63, 3.8) is 0 Å². The summed E-state index contributed by atoms with van der Waals surface area (Å²) in [5, 5.41) is 2.85. The Bertz CT molecular complexity index is 293. The highest BCUT2D eigenvalue weighted by Gasteiger charge is 2.29. The molecule has 100 valence electrons. The van der Waals surface area contributed by atoms with Crippen LogP contribution in [0.4, 0.5) is 0 Å². The first-order chi connectivity index (χ1) is 7.43. The average molecular weight is 243 g/mol. The standard InChI is InChI=1S/C12H25N3O2/c1-11(2,3)7-12(4,5)15-10(17)8(13)6-9(14)16/h8H,6-7,13H2,1-5H3,(H2,14,16)(H,15,17). The molecule has 1 unspecified atom stereocenters. The van der Waals surface area contributed by atoms with Gasteiger partial charge in [-0.15, -0.1) is 0 Å². The second-order valence-corrected chi connectivity index (χ2v) is 6.39. The zero-order chi connectivity index (χ0) is 13.9. The third kappa shape index (κ3) is 7.74. The fourth-order valence-corrected chi connectivity index (χ4v) is 2.11. The smallest absolute Gasteiger partial charge is 0.237 e. The Balaban J connectivity index is 4.41. The summed E-state index contributed by atoms with van der Waals surface area (Å²) in [6.45, 7) is 10.2. The van der Waals surface area contributed by atoms with Crippen molar-refractivity contribution >= 4 is 11.8 Å². The molecule has 5 heteroatoms. The van der Waals surface area contributed by atoms with Crippen LogP contribution in [0.25, 0.3) is 0 Å². The topological polar surface area (TPSA) is 98.2 Å². The normalized spacial score (nSPS) is 14.2. The lowest BCUT2D eigenvalue weighted by Crippen LogP contribution is -2.52. The van der Waals surface area contributed by atoms with Gasteiger partial charge in [0.15, 0.2) is 0 Å². The quantitative estimate of drug-likeness (QED) is 0.656. The molecule has 0 spiro atoms. The predicted molar refractivity (Wildman–Crippen MR) is 68.1 cm³/mol. The summed E-state index contributed by atoms with van der Waals surface area (Å²) in [5.41, 5.74) is 10.3. The van der Waals surface area contributed by atoms with E-state index in [-0.39, 0.29) is 23.3 Å². The number of hydrogen-bond donors (Lipinski definition) is 3. The largest absolute Gasteiger partial charge is 0.370 e. The third-order valence-electron chi connectivity index (χ3n) is 2.19. The summed E-state index contributed by atoms with van der Waals surface area (Å²) in [4.78, 5) is 22.4. The minimum Gasteiger partial charge on any atom is -0.370 e. The molecule has 0 aliphatic carbocycles. The molecule has 0 aromatic heterocycles. The second-order valence-electron chi connectivity index (χ2n) is 6.39. The highest BCUT2D eigenvalue weighted by atomic mass is 16.2. The second kappa shape index (κ2) is 5.49. The molecule has 0 radical (unpaired) electrons. The van der Waals surface area contributed by atoms with Crippen LogP contribution in [-0.2, 0) is 9.59 Å². The van der Waals surface area contributed by atoms with Gasteiger partial charge in [0.2, 0.25) is 11.8 Å². The van der Waals surface area contributed by atoms with E-state index in [4.69, 9.17) is 11.5 Å². The average Bonchev–Trinajstić information content (AvgIpc) is 1.95. The molecular weight excluding hydrogens is 218 g/mol. The summed E-state index contributed by atoms with van der Waals surface area (Å²) >= 11 is 0. The van der Waals surface area contributed by atoms with E-state index >= 15 is 0 Å². The van der Waals surface area contributed by atoms with Gasteiger partial charge < -0.3 is 16.8 Å². The van der Waals surface area contributed by atoms with Crippen LogP contribution >= 0.6 is 0 Å². The van der Waals surface area contributed by atoms with Crippen LogP contribution in [0.2, 0.25) is 0 Å². The summed E-state index contributed by atoms with van der Waals surface area (Å²) in [6, 6.07) is -0.869. The minimum atomic E-state index is -0.869. The van der Waals surface area contributed by atoms with Gasteiger partial charge in [-0.05, 0) is 25.7 Å². The summed E-state index contributed by atoms with van der Waals surface area (Å²) in [6.07, 6.45) is 0.687. The van der Waals surface area contributed by atoms with Crippen LogP contribution in [0.15, 0.2) is 0 Å². The molecule has 0 fully saturated rings. The van der Waals surface area contributed by atoms with E-state index in [2.05, 4.69) is 26.1 Å². The maximum atomic E-state index is 11.7. The molecule has 5 N–H and O–H groups in total. The molecule has 2 amide bonds. The summed E-state index contributed by atoms with van der Waals surface area (Å²) in [5.74, 6) is -0.903. The molecule has 0 bridgehead atoms. The van der Waals surface area contributed by atoms with Gasteiger partial charge in [0.05, 0.1) is 12.5 Å². The molecule has 0 aliphatic heterocycles. The lowest BCUT2D eigenvalue weighted by atomic mass is 9.81. The highest BCUT2D eigenvalue weighted by molar-refractivity contribution is 5.87. The van der Waals surface area contributed by atoms with Gasteiger partial charge >= 0.3 is 0 Å². The number of hydrogen-bond acceptors (Lipinski definition) is 3. The fourth-order valence-electron chi connectivity index (χ4n) is 2.11. The first-order valence-electron chi connectivity index (χ1n) is 5.79. The Morgan fingerprint density at radius 1 is 1.18 bits per heavy atom. The van der Waals surface area contributed by atoms with Gasteiger partial charge in [-0.25, -0.2) is 0 Å². The van der Waals surface area contributed by atoms with Gasteiger partial charge in [0.1, 0.15) is 0 Å². The maximum Gasteiger partial charge on any atom is 0.237 e. The van der Waals surface area contributed by atoms with Crippen LogP contribution in [-0.4, -0.2) is 23.4 Å². The van der Waals surface area contributed by atoms with Crippen molar-refractivity contribution in [2.45, 2.75) is 59.0 Å². The molecule has 0 aromatic carbocycles. The Kier molecular flexibility index (Phi) is 5.13. The number of amides is 2. The first kappa shape index (κ1) is 15.9. The van der Waals surface area contributed by atoms with E-state index in [0.717, 1.165) is 6.42 Å². The molecule has 17 heavy (non-hydrogen) atoms. The molecule has 0 saturated carbocycles. The zero-order valence-electron chi connectivity index (χ0n) is 11.5.